The van der Waals surface area contributed by atoms with Gasteiger partial charge in [0.05, 0.1) is 0 Å². The van der Waals surface area contributed by atoms with E-state index in [1.807, 2.05) is 0 Å². The van der Waals surface area contributed by atoms with Crippen LogP contribution in [0, 0.1) is 6.92 Å². The zero-order chi connectivity index (χ0) is 11.8. The average molecular weight is 237 g/mol. The van der Waals surface area contributed by atoms with Gasteiger partial charge in [-0.1, -0.05) is 0 Å². The topological polar surface area (TPSA) is 56.9 Å². The largest absolute Gasteiger partial charge is 0.406 e. The van der Waals surface area contributed by atoms with Crippen LogP contribution in [-0.4, -0.2) is 36.0 Å². The lowest BCUT2D eigenvalue weighted by atomic mass is 10.5. The van der Waals surface area contributed by atoms with Gasteiger partial charge in [-0.2, -0.15) is 18.3 Å². The maximum absolute atomic E-state index is 12.0. The number of nitrogens with zero attached hydrogens (tertiary/aromatic N) is 3. The molecule has 0 unspecified atom stereocenters. The second kappa shape index (κ2) is 3.83. The van der Waals surface area contributed by atoms with Crippen molar-refractivity contribution in [1.82, 2.24) is 13.3 Å². The number of alkyl halides is 3. The molecule has 0 saturated heterocycles. The highest BCUT2D eigenvalue weighted by Crippen LogP contribution is 2.15. The molecule has 0 amide bonds. The van der Waals surface area contributed by atoms with E-state index in [4.69, 9.17) is 0 Å². The number of hydrogen-bond acceptors (Lipinski definition) is 3. The molecule has 1 rings (SSSR count). The van der Waals surface area contributed by atoms with Crippen LogP contribution in [-0.2, 0) is 6.54 Å². The summed E-state index contributed by atoms with van der Waals surface area (Å²) in [5.74, 6) is 0. The molecule has 5 nitrogen and oxygen atoms in total. The summed E-state index contributed by atoms with van der Waals surface area (Å²) in [6, 6.07) is 0. The van der Waals surface area contributed by atoms with Crippen molar-refractivity contribution >= 4 is 16.5 Å². The number of hydrogen-bond donors (Lipinski definition) is 0. The molecule has 0 spiro atoms. The molecule has 0 aliphatic heterocycles. The highest BCUT2D eigenvalue weighted by Gasteiger charge is 2.30. The first kappa shape index (κ1) is 12.0. The van der Waals surface area contributed by atoms with E-state index in [0.717, 1.165) is 3.67 Å². The predicted octanol–water partition coefficient (Wildman–Crippen LogP) is -1.33. The Labute approximate surface area is 89.8 Å². The van der Waals surface area contributed by atoms with Crippen molar-refractivity contribution < 1.29 is 13.2 Å². The number of aromatic nitrogens is 3. The molecule has 1 heterocycles. The highest BCUT2D eigenvalue weighted by molar-refractivity contribution is 6.05. The van der Waals surface area contributed by atoms with E-state index < -0.39 is 24.0 Å². The third kappa shape index (κ3) is 2.70. The van der Waals surface area contributed by atoms with Gasteiger partial charge in [0.15, 0.2) is 0 Å². The Morgan fingerprint density at radius 2 is 1.93 bits per heavy atom. The van der Waals surface area contributed by atoms with Crippen LogP contribution in [0.3, 0.4) is 0 Å². The van der Waals surface area contributed by atoms with Gasteiger partial charge in [-0.05, 0) is 6.92 Å². The van der Waals surface area contributed by atoms with E-state index in [9.17, 15) is 22.8 Å². The van der Waals surface area contributed by atoms with Gasteiger partial charge in [0.2, 0.25) is 0 Å². The van der Waals surface area contributed by atoms with Gasteiger partial charge in [0, 0.05) is 0 Å². The fraction of sp³-hybridized carbons (Fsp3) is 0.500. The molecule has 1 aromatic rings. The van der Waals surface area contributed by atoms with Crippen molar-refractivity contribution in [3.8, 4) is 0 Å². The van der Waals surface area contributed by atoms with E-state index in [0.29, 0.717) is 0 Å². The summed E-state index contributed by atoms with van der Waals surface area (Å²) in [4.78, 5) is 22.4. The normalized spacial score (nSPS) is 11.7. The van der Waals surface area contributed by atoms with E-state index in [1.165, 1.54) is 6.92 Å². The molecular weight excluding hydrogens is 230 g/mol. The molecule has 15 heavy (non-hydrogen) atoms. The van der Waals surface area contributed by atoms with E-state index in [1.54, 1.807) is 0 Å². The van der Waals surface area contributed by atoms with Gasteiger partial charge in [-0.3, -0.25) is 9.36 Å². The standard InChI is InChI=1S/C6H6F3N3O2.Al.2H/c1-3-4(13)12(2-6(7,8)9)5(14)11-10-3;;;/h2H2,1H3,(H,11,13,14);;;/q;+1;;/p-1. The van der Waals surface area contributed by atoms with Crippen LogP contribution < -0.4 is 11.2 Å². The Hall–Kier alpha value is -1.07. The first-order chi connectivity index (χ1) is 6.72. The smallest absolute Gasteiger partial charge is 0.323 e. The number of aryl methyl sites for hydroxylation is 1. The summed E-state index contributed by atoms with van der Waals surface area (Å²) in [5, 5.41) is 3.53. The molecule has 0 aliphatic rings. The van der Waals surface area contributed by atoms with Gasteiger partial charge in [0.1, 0.15) is 12.2 Å². The minimum atomic E-state index is -4.59. The van der Waals surface area contributed by atoms with Crippen LogP contribution in [0.1, 0.15) is 5.69 Å². The fourth-order valence-corrected chi connectivity index (χ4v) is 1.63. The average Bonchev–Trinajstić information content (AvgIpc) is 2.08. The summed E-state index contributed by atoms with van der Waals surface area (Å²) in [6.07, 6.45) is -4.59. The van der Waals surface area contributed by atoms with Crippen molar-refractivity contribution in [1.29, 1.82) is 0 Å². The van der Waals surface area contributed by atoms with E-state index >= 15 is 0 Å². The van der Waals surface area contributed by atoms with Crippen molar-refractivity contribution in [2.45, 2.75) is 19.6 Å². The third-order valence-corrected chi connectivity index (χ3v) is 2.28. The Balaban J connectivity index is 3.41. The first-order valence-electron chi connectivity index (χ1n) is 3.94. The molecule has 0 bridgehead atoms. The SMILES string of the molecule is Cc1n[n]([AlH2])c(=O)n(CC(F)(F)F)c1=O. The monoisotopic (exact) mass is 237 g/mol. The fourth-order valence-electron chi connectivity index (χ4n) is 1.09. The van der Waals surface area contributed by atoms with Gasteiger partial charge < -0.3 is 3.67 Å². The summed E-state index contributed by atoms with van der Waals surface area (Å²) in [6.45, 7) is -0.306. The molecule has 82 valence electrons. The highest BCUT2D eigenvalue weighted by atomic mass is 27.1. The predicted molar refractivity (Wildman–Crippen MR) is 47.5 cm³/mol. The van der Waals surface area contributed by atoms with E-state index in [-0.39, 0.29) is 26.8 Å². The van der Waals surface area contributed by atoms with Crippen LogP contribution in [0.4, 0.5) is 13.2 Å². The summed E-state index contributed by atoms with van der Waals surface area (Å²) < 4.78 is 37.1. The summed E-state index contributed by atoms with van der Waals surface area (Å²) in [7, 11) is 0. The Bertz CT molecular complexity index is 456. The second-order valence-electron chi connectivity index (χ2n) is 3.00. The quantitative estimate of drug-likeness (QED) is 0.569. The molecule has 0 aliphatic carbocycles. The summed E-state index contributed by atoms with van der Waals surface area (Å²) >= 11 is 0.129. The lowest BCUT2D eigenvalue weighted by Gasteiger charge is -2.10. The third-order valence-electron chi connectivity index (χ3n) is 1.70. The van der Waals surface area contributed by atoms with Gasteiger partial charge in [-0.15, -0.1) is 0 Å². The second-order valence-corrected chi connectivity index (χ2v) is 3.85. The molecular formula is C6H7AlF3N3O2. The molecule has 0 atom stereocenters. The zero-order valence-electron chi connectivity index (χ0n) is 8.00. The molecule has 0 radical (unpaired) electrons. The Morgan fingerprint density at radius 3 is 2.40 bits per heavy atom. The van der Waals surface area contributed by atoms with Crippen LogP contribution in [0.15, 0.2) is 9.59 Å². The zero-order valence-corrected chi connectivity index (χ0v) is 10.00. The van der Waals surface area contributed by atoms with Crippen LogP contribution in [0.5, 0.6) is 0 Å². The molecule has 0 saturated carbocycles. The molecule has 0 fully saturated rings. The van der Waals surface area contributed by atoms with Crippen LogP contribution >= 0.6 is 0 Å². The maximum Gasteiger partial charge on any atom is 0.406 e. The minimum Gasteiger partial charge on any atom is -0.323 e. The van der Waals surface area contributed by atoms with E-state index in [2.05, 4.69) is 5.10 Å². The van der Waals surface area contributed by atoms with Crippen LogP contribution in [0.25, 0.3) is 0 Å². The lowest BCUT2D eigenvalue weighted by molar-refractivity contribution is -0.142. The Morgan fingerprint density at radius 1 is 1.40 bits per heavy atom. The van der Waals surface area contributed by atoms with Crippen LogP contribution in [0.2, 0.25) is 0 Å². The van der Waals surface area contributed by atoms with Gasteiger partial charge in [0.25, 0.3) is 5.56 Å². The van der Waals surface area contributed by atoms with Crippen molar-refractivity contribution in [3.05, 3.63) is 26.5 Å². The van der Waals surface area contributed by atoms with Gasteiger partial charge >= 0.3 is 28.4 Å². The van der Waals surface area contributed by atoms with Gasteiger partial charge in [-0.25, -0.2) is 4.79 Å². The lowest BCUT2D eigenvalue weighted by Crippen LogP contribution is -2.45. The molecule has 0 N–H and O–H groups in total. The number of rotatable bonds is 1. The molecule has 9 heteroatoms. The first-order valence-corrected chi connectivity index (χ1v) is 4.83. The Kier molecular flexibility index (Phi) is 3.06. The maximum atomic E-state index is 12.0. The molecule has 0 aromatic carbocycles. The summed E-state index contributed by atoms with van der Waals surface area (Å²) in [5.41, 5.74) is -2.13. The van der Waals surface area contributed by atoms with Crippen molar-refractivity contribution in [2.24, 2.45) is 0 Å². The minimum absolute atomic E-state index is 0.117. The number of halogens is 3. The van der Waals surface area contributed by atoms with Crippen molar-refractivity contribution in [3.63, 3.8) is 0 Å². The molecule has 1 aromatic heterocycles. The van der Waals surface area contributed by atoms with Crippen molar-refractivity contribution in [2.75, 3.05) is 0 Å².